The largest absolute Gasteiger partial charge is 0.497 e. The van der Waals surface area contributed by atoms with Gasteiger partial charge in [-0.15, -0.1) is 6.58 Å². The summed E-state index contributed by atoms with van der Waals surface area (Å²) in [5, 5.41) is 5.52. The van der Waals surface area contributed by atoms with Gasteiger partial charge in [0.1, 0.15) is 5.75 Å². The summed E-state index contributed by atoms with van der Waals surface area (Å²) in [7, 11) is 1.62. The van der Waals surface area contributed by atoms with Crippen molar-refractivity contribution in [2.75, 3.05) is 19.0 Å². The molecule has 2 amide bonds. The van der Waals surface area contributed by atoms with E-state index in [1.165, 1.54) is 0 Å². The van der Waals surface area contributed by atoms with Gasteiger partial charge in [0.15, 0.2) is 0 Å². The van der Waals surface area contributed by atoms with Gasteiger partial charge >= 0.3 is 0 Å². The van der Waals surface area contributed by atoms with Crippen LogP contribution in [0.1, 0.15) is 22.3 Å². The summed E-state index contributed by atoms with van der Waals surface area (Å²) < 4.78 is 5.11. The Hall–Kier alpha value is -3.08. The highest BCUT2D eigenvalue weighted by Crippen LogP contribution is 2.16. The van der Waals surface area contributed by atoms with E-state index >= 15 is 0 Å². The fraction of sp³-hybridized carbons (Fsp3) is 0.200. The topological polar surface area (TPSA) is 67.4 Å². The van der Waals surface area contributed by atoms with Gasteiger partial charge in [-0.05, 0) is 36.2 Å². The van der Waals surface area contributed by atoms with Crippen LogP contribution in [0.15, 0.2) is 61.2 Å². The number of aryl methyl sites for hydroxylation is 1. The van der Waals surface area contributed by atoms with Gasteiger partial charge in [-0.1, -0.05) is 30.3 Å². The number of amides is 2. The van der Waals surface area contributed by atoms with Crippen molar-refractivity contribution in [3.05, 3.63) is 72.3 Å². The Morgan fingerprint density at radius 3 is 2.52 bits per heavy atom. The smallest absolute Gasteiger partial charge is 0.253 e. The van der Waals surface area contributed by atoms with Crippen LogP contribution in [0.4, 0.5) is 5.69 Å². The second kappa shape index (κ2) is 9.27. The molecule has 0 spiro atoms. The molecule has 0 aliphatic heterocycles. The lowest BCUT2D eigenvalue weighted by molar-refractivity contribution is -0.116. The zero-order valence-corrected chi connectivity index (χ0v) is 14.2. The highest BCUT2D eigenvalue weighted by molar-refractivity contribution is 6.03. The van der Waals surface area contributed by atoms with Gasteiger partial charge in [0.25, 0.3) is 5.91 Å². The van der Waals surface area contributed by atoms with E-state index < -0.39 is 0 Å². The summed E-state index contributed by atoms with van der Waals surface area (Å²) in [5.74, 6) is 0.401. The molecule has 2 aromatic rings. The Kier molecular flexibility index (Phi) is 6.77. The number of carbonyl (C=O) groups is 2. The number of anilines is 1. The molecule has 0 saturated heterocycles. The molecule has 5 heteroatoms. The number of carbonyl (C=O) groups excluding carboxylic acids is 2. The fourth-order valence-corrected chi connectivity index (χ4v) is 2.31. The molecule has 5 nitrogen and oxygen atoms in total. The first-order valence-corrected chi connectivity index (χ1v) is 8.05. The quantitative estimate of drug-likeness (QED) is 0.727. The van der Waals surface area contributed by atoms with E-state index in [9.17, 15) is 9.59 Å². The number of hydrogen-bond acceptors (Lipinski definition) is 3. The van der Waals surface area contributed by atoms with Gasteiger partial charge in [-0.25, -0.2) is 0 Å². The van der Waals surface area contributed by atoms with E-state index in [0.29, 0.717) is 30.6 Å². The highest BCUT2D eigenvalue weighted by Gasteiger charge is 2.12. The molecule has 130 valence electrons. The van der Waals surface area contributed by atoms with E-state index in [1.807, 2.05) is 24.3 Å². The first-order chi connectivity index (χ1) is 12.1. The van der Waals surface area contributed by atoms with Crippen LogP contribution >= 0.6 is 0 Å². The monoisotopic (exact) mass is 338 g/mol. The maximum Gasteiger partial charge on any atom is 0.253 e. The van der Waals surface area contributed by atoms with Crippen LogP contribution in [0.5, 0.6) is 5.75 Å². The van der Waals surface area contributed by atoms with Crippen molar-refractivity contribution in [2.45, 2.75) is 12.8 Å². The number of methoxy groups -OCH3 is 1. The van der Waals surface area contributed by atoms with Gasteiger partial charge in [0.2, 0.25) is 5.91 Å². The first kappa shape index (κ1) is 18.3. The number of hydrogen-bond donors (Lipinski definition) is 2. The zero-order chi connectivity index (χ0) is 18.1. The third-order valence-corrected chi connectivity index (χ3v) is 3.65. The van der Waals surface area contributed by atoms with Crippen molar-refractivity contribution in [3.8, 4) is 5.75 Å². The van der Waals surface area contributed by atoms with Gasteiger partial charge < -0.3 is 15.4 Å². The Morgan fingerprint density at radius 2 is 1.84 bits per heavy atom. The average molecular weight is 338 g/mol. The molecule has 0 unspecified atom stereocenters. The Morgan fingerprint density at radius 1 is 1.12 bits per heavy atom. The highest BCUT2D eigenvalue weighted by atomic mass is 16.5. The van der Waals surface area contributed by atoms with Crippen LogP contribution in [-0.2, 0) is 11.2 Å². The van der Waals surface area contributed by atoms with E-state index in [2.05, 4.69) is 17.2 Å². The predicted octanol–water partition coefficient (Wildman–Crippen LogP) is 3.18. The molecular weight excluding hydrogens is 316 g/mol. The van der Waals surface area contributed by atoms with Crippen LogP contribution in [0.2, 0.25) is 0 Å². The molecule has 2 rings (SSSR count). The summed E-state index contributed by atoms with van der Waals surface area (Å²) in [4.78, 5) is 24.3. The van der Waals surface area contributed by atoms with Gasteiger partial charge in [0, 0.05) is 13.0 Å². The number of benzene rings is 2. The minimum atomic E-state index is -0.244. The minimum absolute atomic E-state index is 0.139. The van der Waals surface area contributed by atoms with Crippen molar-refractivity contribution >= 4 is 17.5 Å². The molecule has 0 heterocycles. The van der Waals surface area contributed by atoms with Crippen LogP contribution < -0.4 is 15.4 Å². The van der Waals surface area contributed by atoms with Crippen molar-refractivity contribution in [2.24, 2.45) is 0 Å². The molecule has 0 aromatic heterocycles. The Balaban J connectivity index is 1.95. The maximum atomic E-state index is 12.2. The number of ether oxygens (including phenoxy) is 1. The molecule has 2 aromatic carbocycles. The molecule has 0 aliphatic rings. The molecule has 0 aliphatic carbocycles. The standard InChI is InChI=1S/C20H22N2O3/c1-3-14-21-20(24)17-6-4-5-7-18(17)22-19(23)13-10-15-8-11-16(25-2)12-9-15/h3-9,11-12H,1,10,13-14H2,2H3,(H,21,24)(H,22,23). The Labute approximate surface area is 147 Å². The lowest BCUT2D eigenvalue weighted by Gasteiger charge is -2.11. The van der Waals surface area contributed by atoms with Crippen LogP contribution in [-0.4, -0.2) is 25.5 Å². The summed E-state index contributed by atoms with van der Waals surface area (Å²) in [5.41, 5.74) is 1.99. The number of nitrogens with one attached hydrogen (secondary N) is 2. The van der Waals surface area contributed by atoms with Gasteiger partial charge in [-0.3, -0.25) is 9.59 Å². The minimum Gasteiger partial charge on any atom is -0.497 e. The number of rotatable bonds is 8. The molecule has 0 bridgehead atoms. The molecule has 0 radical (unpaired) electrons. The SMILES string of the molecule is C=CCNC(=O)c1ccccc1NC(=O)CCc1ccc(OC)cc1. The summed E-state index contributed by atoms with van der Waals surface area (Å²) in [6, 6.07) is 14.5. The van der Waals surface area contributed by atoms with Crippen molar-refractivity contribution in [1.29, 1.82) is 0 Å². The summed E-state index contributed by atoms with van der Waals surface area (Å²) in [6.07, 6.45) is 2.55. The number of para-hydroxylation sites is 1. The summed E-state index contributed by atoms with van der Waals surface area (Å²) >= 11 is 0. The van der Waals surface area contributed by atoms with Crippen LogP contribution in [0.3, 0.4) is 0 Å². The third kappa shape index (κ3) is 5.49. The molecule has 2 N–H and O–H groups in total. The first-order valence-electron chi connectivity index (χ1n) is 8.05. The molecule has 0 atom stereocenters. The van der Waals surface area contributed by atoms with Crippen LogP contribution in [0.25, 0.3) is 0 Å². The lowest BCUT2D eigenvalue weighted by atomic mass is 10.1. The fourth-order valence-electron chi connectivity index (χ4n) is 2.31. The van der Waals surface area contributed by atoms with Gasteiger partial charge in [0.05, 0.1) is 18.4 Å². The second-order valence-corrected chi connectivity index (χ2v) is 5.44. The normalized spacial score (nSPS) is 9.96. The molecular formula is C20H22N2O3. The average Bonchev–Trinajstić information content (AvgIpc) is 2.65. The Bertz CT molecular complexity index is 739. The lowest BCUT2D eigenvalue weighted by Crippen LogP contribution is -2.25. The van der Waals surface area contributed by atoms with Crippen molar-refractivity contribution in [3.63, 3.8) is 0 Å². The van der Waals surface area contributed by atoms with Crippen molar-refractivity contribution < 1.29 is 14.3 Å². The summed E-state index contributed by atoms with van der Waals surface area (Å²) in [6.45, 7) is 3.94. The third-order valence-electron chi connectivity index (χ3n) is 3.65. The van der Waals surface area contributed by atoms with Gasteiger partial charge in [-0.2, -0.15) is 0 Å². The van der Waals surface area contributed by atoms with Crippen LogP contribution in [0, 0.1) is 0 Å². The van der Waals surface area contributed by atoms with E-state index in [4.69, 9.17) is 4.74 Å². The molecule has 25 heavy (non-hydrogen) atoms. The van der Waals surface area contributed by atoms with E-state index in [-0.39, 0.29) is 11.8 Å². The zero-order valence-electron chi connectivity index (χ0n) is 14.2. The molecule has 0 fully saturated rings. The van der Waals surface area contributed by atoms with E-state index in [1.54, 1.807) is 37.5 Å². The second-order valence-electron chi connectivity index (χ2n) is 5.44. The maximum absolute atomic E-state index is 12.2. The predicted molar refractivity (Wildman–Crippen MR) is 98.9 cm³/mol. The van der Waals surface area contributed by atoms with E-state index in [0.717, 1.165) is 11.3 Å². The molecule has 0 saturated carbocycles. The van der Waals surface area contributed by atoms with Crippen molar-refractivity contribution in [1.82, 2.24) is 5.32 Å².